The van der Waals surface area contributed by atoms with Crippen LogP contribution in [0.25, 0.3) is 0 Å². The summed E-state index contributed by atoms with van der Waals surface area (Å²) in [6.45, 7) is 3.46. The Labute approximate surface area is 140 Å². The molecule has 130 valence electrons. The SMILES string of the molecule is COc1ccccc1C(=O)NCCNS(=O)(=O)c1c(C)n[nH]c1C. The zero-order chi connectivity index (χ0) is 17.7. The molecule has 3 N–H and O–H groups in total. The molecule has 0 unspecified atom stereocenters. The van der Waals surface area contributed by atoms with Crippen LogP contribution in [0.1, 0.15) is 21.7 Å². The molecule has 0 aliphatic rings. The number of para-hydroxylation sites is 1. The monoisotopic (exact) mass is 352 g/mol. The quantitative estimate of drug-likeness (QED) is 0.636. The standard InChI is InChI=1S/C15H20N4O4S/c1-10-14(11(2)19-18-10)24(21,22)17-9-8-16-15(20)12-6-4-5-7-13(12)23-3/h4-7,17H,8-9H2,1-3H3,(H,16,20)(H,18,19). The number of H-pyrrole nitrogens is 1. The molecule has 9 heteroatoms. The van der Waals surface area contributed by atoms with Crippen molar-refractivity contribution in [3.8, 4) is 5.75 Å². The van der Waals surface area contributed by atoms with E-state index in [1.807, 2.05) is 0 Å². The zero-order valence-electron chi connectivity index (χ0n) is 13.7. The molecule has 0 fully saturated rings. The molecule has 0 radical (unpaired) electrons. The van der Waals surface area contributed by atoms with E-state index in [2.05, 4.69) is 20.2 Å². The molecule has 0 aliphatic heterocycles. The smallest absolute Gasteiger partial charge is 0.255 e. The summed E-state index contributed by atoms with van der Waals surface area (Å²) in [6, 6.07) is 6.81. The second-order valence-electron chi connectivity index (χ2n) is 5.12. The van der Waals surface area contributed by atoms with Crippen molar-refractivity contribution < 1.29 is 17.9 Å². The topological polar surface area (TPSA) is 113 Å². The highest BCUT2D eigenvalue weighted by Crippen LogP contribution is 2.17. The molecule has 0 bridgehead atoms. The van der Waals surface area contributed by atoms with Crippen LogP contribution in [0.4, 0.5) is 0 Å². The fourth-order valence-corrected chi connectivity index (χ4v) is 3.70. The first-order valence-electron chi connectivity index (χ1n) is 7.29. The van der Waals surface area contributed by atoms with Crippen LogP contribution < -0.4 is 14.8 Å². The molecule has 0 spiro atoms. The molecule has 2 rings (SSSR count). The largest absolute Gasteiger partial charge is 0.496 e. The fraction of sp³-hybridized carbons (Fsp3) is 0.333. The predicted molar refractivity (Wildman–Crippen MR) is 88.6 cm³/mol. The van der Waals surface area contributed by atoms with Crippen molar-refractivity contribution in [1.82, 2.24) is 20.2 Å². The molecule has 0 saturated heterocycles. The number of methoxy groups -OCH3 is 1. The minimum absolute atomic E-state index is 0.0628. The first-order valence-corrected chi connectivity index (χ1v) is 8.77. The van der Waals surface area contributed by atoms with Gasteiger partial charge in [-0.15, -0.1) is 0 Å². The summed E-state index contributed by atoms with van der Waals surface area (Å²) in [4.78, 5) is 12.2. The van der Waals surface area contributed by atoms with E-state index >= 15 is 0 Å². The zero-order valence-corrected chi connectivity index (χ0v) is 14.5. The molecule has 1 amide bonds. The number of carbonyl (C=O) groups is 1. The van der Waals surface area contributed by atoms with E-state index in [0.717, 1.165) is 0 Å². The molecule has 0 aliphatic carbocycles. The first-order chi connectivity index (χ1) is 11.4. The molecule has 24 heavy (non-hydrogen) atoms. The number of aromatic nitrogens is 2. The van der Waals surface area contributed by atoms with E-state index in [9.17, 15) is 13.2 Å². The summed E-state index contributed by atoms with van der Waals surface area (Å²) in [5, 5.41) is 9.15. The van der Waals surface area contributed by atoms with Gasteiger partial charge in [0.25, 0.3) is 5.91 Å². The third-order valence-electron chi connectivity index (χ3n) is 3.38. The Morgan fingerprint density at radius 2 is 1.96 bits per heavy atom. The van der Waals surface area contributed by atoms with Gasteiger partial charge in [0.15, 0.2) is 0 Å². The summed E-state index contributed by atoms with van der Waals surface area (Å²) >= 11 is 0. The van der Waals surface area contributed by atoms with Crippen molar-refractivity contribution in [3.63, 3.8) is 0 Å². The number of carbonyl (C=O) groups excluding carboxylic acids is 1. The van der Waals surface area contributed by atoms with Gasteiger partial charge in [-0.25, -0.2) is 13.1 Å². The van der Waals surface area contributed by atoms with Crippen LogP contribution in [-0.2, 0) is 10.0 Å². The summed E-state index contributed by atoms with van der Waals surface area (Å²) in [6.07, 6.45) is 0. The Kier molecular flexibility index (Phi) is 5.58. The highest BCUT2D eigenvalue weighted by atomic mass is 32.2. The van der Waals surface area contributed by atoms with E-state index < -0.39 is 10.0 Å². The number of hydrogen-bond donors (Lipinski definition) is 3. The van der Waals surface area contributed by atoms with Gasteiger partial charge in [0, 0.05) is 13.1 Å². The van der Waals surface area contributed by atoms with Crippen molar-refractivity contribution in [2.24, 2.45) is 0 Å². The lowest BCUT2D eigenvalue weighted by atomic mass is 10.2. The van der Waals surface area contributed by atoms with Gasteiger partial charge in [0.05, 0.1) is 24.1 Å². The van der Waals surface area contributed by atoms with Crippen molar-refractivity contribution in [1.29, 1.82) is 0 Å². The number of ether oxygens (including phenoxy) is 1. The third kappa shape index (κ3) is 3.92. The number of hydrogen-bond acceptors (Lipinski definition) is 5. The Morgan fingerprint density at radius 3 is 2.58 bits per heavy atom. The normalized spacial score (nSPS) is 11.3. The molecular weight excluding hydrogens is 332 g/mol. The van der Waals surface area contributed by atoms with Gasteiger partial charge < -0.3 is 10.1 Å². The minimum Gasteiger partial charge on any atom is -0.496 e. The van der Waals surface area contributed by atoms with E-state index in [1.165, 1.54) is 7.11 Å². The van der Waals surface area contributed by atoms with Gasteiger partial charge in [0.1, 0.15) is 10.6 Å². The molecular formula is C15H20N4O4S. The maximum Gasteiger partial charge on any atom is 0.255 e. The second-order valence-corrected chi connectivity index (χ2v) is 6.82. The Morgan fingerprint density at radius 1 is 1.25 bits per heavy atom. The van der Waals surface area contributed by atoms with Crippen LogP contribution in [0.3, 0.4) is 0 Å². The molecule has 0 saturated carbocycles. The lowest BCUT2D eigenvalue weighted by molar-refractivity contribution is 0.0951. The van der Waals surface area contributed by atoms with Crippen LogP contribution in [0.5, 0.6) is 5.75 Å². The van der Waals surface area contributed by atoms with Crippen LogP contribution in [0.2, 0.25) is 0 Å². The number of rotatable bonds is 7. The van der Waals surface area contributed by atoms with Gasteiger partial charge in [-0.2, -0.15) is 5.10 Å². The van der Waals surface area contributed by atoms with E-state index in [0.29, 0.717) is 22.7 Å². The lowest BCUT2D eigenvalue weighted by Crippen LogP contribution is -2.35. The van der Waals surface area contributed by atoms with Crippen molar-refractivity contribution in [2.45, 2.75) is 18.7 Å². The fourth-order valence-electron chi connectivity index (χ4n) is 2.30. The average molecular weight is 352 g/mol. The van der Waals surface area contributed by atoms with Gasteiger partial charge in [0.2, 0.25) is 10.0 Å². The van der Waals surface area contributed by atoms with Crippen molar-refractivity contribution in [2.75, 3.05) is 20.2 Å². The van der Waals surface area contributed by atoms with E-state index in [4.69, 9.17) is 4.74 Å². The van der Waals surface area contributed by atoms with Crippen molar-refractivity contribution >= 4 is 15.9 Å². The number of nitrogens with zero attached hydrogens (tertiary/aromatic N) is 1. The summed E-state index contributed by atoms with van der Waals surface area (Å²) in [7, 11) is -2.19. The molecule has 1 heterocycles. The van der Waals surface area contributed by atoms with Gasteiger partial charge in [-0.05, 0) is 26.0 Å². The van der Waals surface area contributed by atoms with Gasteiger partial charge in [-0.1, -0.05) is 12.1 Å². The van der Waals surface area contributed by atoms with Crippen LogP contribution in [-0.4, -0.2) is 44.7 Å². The maximum atomic E-state index is 12.2. The van der Waals surface area contributed by atoms with E-state index in [-0.39, 0.29) is 23.9 Å². The second kappa shape index (κ2) is 7.45. The number of aryl methyl sites for hydroxylation is 2. The molecule has 1 aromatic carbocycles. The highest BCUT2D eigenvalue weighted by Gasteiger charge is 2.21. The number of nitrogens with one attached hydrogen (secondary N) is 3. The van der Waals surface area contributed by atoms with Crippen LogP contribution in [0.15, 0.2) is 29.2 Å². The highest BCUT2D eigenvalue weighted by molar-refractivity contribution is 7.89. The Bertz CT molecular complexity index is 810. The number of amides is 1. The number of aromatic amines is 1. The van der Waals surface area contributed by atoms with Crippen LogP contribution in [0, 0.1) is 13.8 Å². The number of sulfonamides is 1. The summed E-state index contributed by atoms with van der Waals surface area (Å²) < 4.78 is 32.1. The average Bonchev–Trinajstić information content (AvgIpc) is 2.90. The summed E-state index contributed by atoms with van der Waals surface area (Å²) in [5.41, 5.74) is 1.26. The summed E-state index contributed by atoms with van der Waals surface area (Å²) in [5.74, 6) is 0.127. The first kappa shape index (κ1) is 18.0. The third-order valence-corrected chi connectivity index (χ3v) is 5.11. The maximum absolute atomic E-state index is 12.2. The van der Waals surface area contributed by atoms with Crippen molar-refractivity contribution in [3.05, 3.63) is 41.2 Å². The molecule has 8 nitrogen and oxygen atoms in total. The van der Waals surface area contributed by atoms with Crippen LogP contribution >= 0.6 is 0 Å². The van der Waals surface area contributed by atoms with Gasteiger partial charge >= 0.3 is 0 Å². The molecule has 1 aromatic heterocycles. The molecule has 0 atom stereocenters. The molecule has 2 aromatic rings. The predicted octanol–water partition coefficient (Wildman–Crippen LogP) is 0.743. The lowest BCUT2D eigenvalue weighted by Gasteiger charge is -2.10. The van der Waals surface area contributed by atoms with Gasteiger partial charge in [-0.3, -0.25) is 9.89 Å². The Hall–Kier alpha value is -2.39. The Balaban J connectivity index is 1.92. The minimum atomic E-state index is -3.67. The van der Waals surface area contributed by atoms with E-state index in [1.54, 1.807) is 38.1 Å². The number of benzene rings is 1.